The predicted octanol–water partition coefficient (Wildman–Crippen LogP) is 4.11. The van der Waals surface area contributed by atoms with Gasteiger partial charge in [-0.15, -0.1) is 0 Å². The molecule has 39 heavy (non-hydrogen) atoms. The van der Waals surface area contributed by atoms with Crippen LogP contribution in [0.2, 0.25) is 0 Å². The number of ether oxygens (including phenoxy) is 3. The average Bonchev–Trinajstić information content (AvgIpc) is 2.96. The zero-order chi connectivity index (χ0) is 27.4. The molecule has 0 saturated heterocycles. The van der Waals surface area contributed by atoms with E-state index in [9.17, 15) is 19.5 Å². The van der Waals surface area contributed by atoms with E-state index in [2.05, 4.69) is 11.9 Å². The summed E-state index contributed by atoms with van der Waals surface area (Å²) < 4.78 is 17.1. The number of fused-ring (bicyclic) bond motifs is 1. The van der Waals surface area contributed by atoms with E-state index in [1.54, 1.807) is 12.1 Å². The van der Waals surface area contributed by atoms with Gasteiger partial charge in [0, 0.05) is 17.7 Å². The van der Waals surface area contributed by atoms with Gasteiger partial charge in [0.25, 0.3) is 0 Å². The second-order valence-corrected chi connectivity index (χ2v) is 9.42. The highest BCUT2D eigenvalue weighted by Gasteiger charge is 2.64. The molecule has 0 spiro atoms. The van der Waals surface area contributed by atoms with E-state index in [4.69, 9.17) is 14.2 Å². The van der Waals surface area contributed by atoms with Crippen LogP contribution in [0.3, 0.4) is 0 Å². The number of nitrogens with one attached hydrogen (secondary N) is 1. The molecule has 2 N–H and O–H groups in total. The second-order valence-electron chi connectivity index (χ2n) is 9.42. The lowest BCUT2D eigenvalue weighted by molar-refractivity contribution is -0.170. The van der Waals surface area contributed by atoms with Crippen LogP contribution in [0.15, 0.2) is 91.5 Å². The minimum atomic E-state index is -1.41. The van der Waals surface area contributed by atoms with E-state index in [0.29, 0.717) is 5.69 Å². The predicted molar refractivity (Wildman–Crippen MR) is 143 cm³/mol. The van der Waals surface area contributed by atoms with Gasteiger partial charge < -0.3 is 24.6 Å². The first-order chi connectivity index (χ1) is 19.0. The first kappa shape index (κ1) is 26.3. The first-order valence-corrected chi connectivity index (χ1v) is 12.8. The molecule has 0 radical (unpaired) electrons. The Kier molecular flexibility index (Phi) is 7.58. The standard InChI is InChI=1S/C31H29NO7/c1-2-25(33)38-18-16-37-17-19-39-31-23-14-8-6-12-21(23)26(22-13-7-9-15-24(22)31)27(28(31)30(35)36)29(34)32-20-10-4-3-5-11-20/h2-15,26-28H,1,16-19H2,(H,32,34)(H,35,36). The average molecular weight is 528 g/mol. The number of para-hydroxylation sites is 1. The highest BCUT2D eigenvalue weighted by atomic mass is 16.6. The number of carboxylic acid groups (broad SMARTS) is 1. The lowest BCUT2D eigenvalue weighted by Crippen LogP contribution is -2.59. The molecule has 1 amide bonds. The fourth-order valence-electron chi connectivity index (χ4n) is 5.94. The minimum Gasteiger partial charge on any atom is -0.481 e. The number of hydrogen-bond acceptors (Lipinski definition) is 6. The SMILES string of the molecule is C=CC(=O)OCCOCCOC12c3ccccc3C(c3ccccc31)C(C(=O)Nc1ccccc1)C2C(=O)O. The van der Waals surface area contributed by atoms with Gasteiger partial charge >= 0.3 is 11.9 Å². The number of carbonyl (C=O) groups is 3. The van der Waals surface area contributed by atoms with Gasteiger partial charge in [0.15, 0.2) is 0 Å². The van der Waals surface area contributed by atoms with Gasteiger partial charge in [0.1, 0.15) is 18.1 Å². The summed E-state index contributed by atoms with van der Waals surface area (Å²) in [5, 5.41) is 13.6. The van der Waals surface area contributed by atoms with Crippen LogP contribution in [0.5, 0.6) is 0 Å². The molecular weight excluding hydrogens is 498 g/mol. The summed E-state index contributed by atoms with van der Waals surface area (Å²) >= 11 is 0. The number of anilines is 1. The van der Waals surface area contributed by atoms with Crippen LogP contribution >= 0.6 is 0 Å². The van der Waals surface area contributed by atoms with Crippen LogP contribution in [0.1, 0.15) is 28.2 Å². The van der Waals surface area contributed by atoms with E-state index in [1.807, 2.05) is 66.7 Å². The largest absolute Gasteiger partial charge is 0.481 e. The molecule has 6 rings (SSSR count). The van der Waals surface area contributed by atoms with Crippen LogP contribution < -0.4 is 5.32 Å². The number of esters is 1. The zero-order valence-electron chi connectivity index (χ0n) is 21.2. The summed E-state index contributed by atoms with van der Waals surface area (Å²) in [6.07, 6.45) is 1.08. The van der Waals surface area contributed by atoms with Crippen LogP contribution in [-0.4, -0.2) is 49.4 Å². The first-order valence-electron chi connectivity index (χ1n) is 12.8. The van der Waals surface area contributed by atoms with Crippen molar-refractivity contribution in [1.82, 2.24) is 0 Å². The number of amides is 1. The number of carbonyl (C=O) groups excluding carboxylic acids is 2. The van der Waals surface area contributed by atoms with Crippen molar-refractivity contribution >= 4 is 23.5 Å². The Morgan fingerprint density at radius 2 is 1.44 bits per heavy atom. The molecule has 200 valence electrons. The Morgan fingerprint density at radius 3 is 2.05 bits per heavy atom. The zero-order valence-corrected chi connectivity index (χ0v) is 21.2. The third-order valence-electron chi connectivity index (χ3n) is 7.35. The molecule has 0 heterocycles. The van der Waals surface area contributed by atoms with Crippen molar-refractivity contribution in [2.45, 2.75) is 11.5 Å². The quantitative estimate of drug-likeness (QED) is 0.219. The fourth-order valence-corrected chi connectivity index (χ4v) is 5.94. The van der Waals surface area contributed by atoms with Gasteiger partial charge in [0.2, 0.25) is 5.91 Å². The second kappa shape index (κ2) is 11.2. The van der Waals surface area contributed by atoms with Gasteiger partial charge in [0.05, 0.1) is 25.7 Å². The molecule has 2 bridgehead atoms. The van der Waals surface area contributed by atoms with Gasteiger partial charge in [-0.1, -0.05) is 73.3 Å². The van der Waals surface area contributed by atoms with Gasteiger partial charge in [-0.05, 0) is 34.4 Å². The summed E-state index contributed by atoms with van der Waals surface area (Å²) in [4.78, 5) is 38.1. The molecular formula is C31H29NO7. The molecule has 0 saturated carbocycles. The van der Waals surface area contributed by atoms with Crippen molar-refractivity contribution in [2.75, 3.05) is 31.7 Å². The fraction of sp³-hybridized carbons (Fsp3) is 0.258. The topological polar surface area (TPSA) is 111 Å². The molecule has 3 aromatic carbocycles. The van der Waals surface area contributed by atoms with E-state index in [-0.39, 0.29) is 32.3 Å². The maximum absolute atomic E-state index is 13.9. The normalized spacial score (nSPS) is 22.3. The maximum atomic E-state index is 13.9. The molecule has 8 nitrogen and oxygen atoms in total. The third kappa shape index (κ3) is 4.73. The van der Waals surface area contributed by atoms with Crippen molar-refractivity contribution in [3.8, 4) is 0 Å². The molecule has 0 aromatic heterocycles. The Morgan fingerprint density at radius 1 is 0.846 bits per heavy atom. The summed E-state index contributed by atoms with van der Waals surface area (Å²) in [5.74, 6) is -4.60. The van der Waals surface area contributed by atoms with Gasteiger partial charge in [-0.2, -0.15) is 0 Å². The molecule has 3 aliphatic rings. The van der Waals surface area contributed by atoms with Crippen molar-refractivity contribution in [3.05, 3.63) is 114 Å². The minimum absolute atomic E-state index is 0.0551. The number of rotatable bonds is 11. The summed E-state index contributed by atoms with van der Waals surface area (Å²) in [6.45, 7) is 3.74. The van der Waals surface area contributed by atoms with Crippen molar-refractivity contribution < 1.29 is 33.7 Å². The molecule has 3 aromatic rings. The van der Waals surface area contributed by atoms with Crippen molar-refractivity contribution in [2.24, 2.45) is 11.8 Å². The van der Waals surface area contributed by atoms with Gasteiger partial charge in [-0.25, -0.2) is 4.79 Å². The van der Waals surface area contributed by atoms with Crippen LogP contribution in [0.25, 0.3) is 0 Å². The van der Waals surface area contributed by atoms with E-state index in [1.165, 1.54) is 0 Å². The number of carboxylic acids is 1. The smallest absolute Gasteiger partial charge is 0.330 e. The Hall–Kier alpha value is -4.27. The van der Waals surface area contributed by atoms with E-state index < -0.39 is 35.3 Å². The molecule has 2 unspecified atom stereocenters. The Labute approximate surface area is 226 Å². The van der Waals surface area contributed by atoms with E-state index >= 15 is 0 Å². The number of benzene rings is 3. The maximum Gasteiger partial charge on any atom is 0.330 e. The van der Waals surface area contributed by atoms with Crippen molar-refractivity contribution in [3.63, 3.8) is 0 Å². The van der Waals surface area contributed by atoms with E-state index in [0.717, 1.165) is 28.3 Å². The van der Waals surface area contributed by atoms with Crippen LogP contribution in [-0.2, 0) is 34.2 Å². The monoisotopic (exact) mass is 527 g/mol. The highest BCUT2D eigenvalue weighted by Crippen LogP contribution is 2.62. The number of aliphatic carboxylic acids is 1. The number of hydrogen-bond donors (Lipinski definition) is 2. The molecule has 8 heteroatoms. The molecule has 0 fully saturated rings. The van der Waals surface area contributed by atoms with Crippen molar-refractivity contribution in [1.29, 1.82) is 0 Å². The van der Waals surface area contributed by atoms with Crippen LogP contribution in [0.4, 0.5) is 5.69 Å². The highest BCUT2D eigenvalue weighted by molar-refractivity contribution is 5.98. The molecule has 2 atom stereocenters. The summed E-state index contributed by atoms with van der Waals surface area (Å²) in [6, 6.07) is 24.2. The third-order valence-corrected chi connectivity index (χ3v) is 7.35. The lowest BCUT2D eigenvalue weighted by atomic mass is 9.51. The van der Waals surface area contributed by atoms with Crippen LogP contribution in [0, 0.1) is 11.8 Å². The Balaban J connectivity index is 1.51. The summed E-state index contributed by atoms with van der Waals surface area (Å²) in [7, 11) is 0. The lowest BCUT2D eigenvalue weighted by Gasteiger charge is -2.55. The summed E-state index contributed by atoms with van der Waals surface area (Å²) in [5.41, 5.74) is 2.41. The van der Waals surface area contributed by atoms with Gasteiger partial charge in [-0.3, -0.25) is 9.59 Å². The molecule has 0 aliphatic heterocycles. The molecule has 3 aliphatic carbocycles. The Bertz CT molecular complexity index is 1340.